The smallest absolute Gasteiger partial charge is 0.281 e. The topological polar surface area (TPSA) is 17.1 Å². The Balaban J connectivity index is 3.17. The molecule has 0 saturated carbocycles. The molecule has 0 radical (unpaired) electrons. The van der Waals surface area contributed by atoms with Gasteiger partial charge in [-0.25, -0.2) is 0 Å². The van der Waals surface area contributed by atoms with E-state index in [1.165, 1.54) is 6.07 Å². The van der Waals surface area contributed by atoms with E-state index in [0.717, 1.165) is 0 Å². The number of halogens is 3. The predicted molar refractivity (Wildman–Crippen MR) is 50.4 cm³/mol. The Bertz CT molecular complexity index is 306. The van der Waals surface area contributed by atoms with Gasteiger partial charge in [-0.3, -0.25) is 4.57 Å². The van der Waals surface area contributed by atoms with Crippen molar-refractivity contribution < 1.29 is 4.57 Å². The molecule has 0 unspecified atom stereocenters. The van der Waals surface area contributed by atoms with Crippen molar-refractivity contribution in [1.82, 2.24) is 0 Å². The lowest BCUT2D eigenvalue weighted by Crippen LogP contribution is -1.94. The van der Waals surface area contributed by atoms with Gasteiger partial charge in [-0.1, -0.05) is 17.7 Å². The molecule has 0 amide bonds. The van der Waals surface area contributed by atoms with Crippen molar-refractivity contribution in [2.45, 2.75) is 0 Å². The molecule has 1 nitrogen and oxygen atoms in total. The standard InChI is InChI=1S/C6H4Cl3OP/c7-5-2-1-3-6(4-5)11(8,9)10/h1-4H. The third-order valence-corrected chi connectivity index (χ3v) is 3.39. The zero-order chi connectivity index (χ0) is 8.48. The molecule has 1 aromatic rings. The van der Waals surface area contributed by atoms with E-state index >= 15 is 0 Å². The van der Waals surface area contributed by atoms with Crippen LogP contribution in [0, 0.1) is 0 Å². The summed E-state index contributed by atoms with van der Waals surface area (Å²) < 4.78 is 11.0. The molecular formula is C6H4Cl3OP. The first-order chi connectivity index (χ1) is 5.00. The van der Waals surface area contributed by atoms with Gasteiger partial charge in [0, 0.05) is 10.3 Å². The summed E-state index contributed by atoms with van der Waals surface area (Å²) in [5.74, 6) is -3.19. The van der Waals surface area contributed by atoms with Crippen molar-refractivity contribution in [3.63, 3.8) is 0 Å². The normalized spacial score (nSPS) is 11.5. The fourth-order valence-electron chi connectivity index (χ4n) is 0.638. The van der Waals surface area contributed by atoms with Crippen LogP contribution in [0.5, 0.6) is 0 Å². The van der Waals surface area contributed by atoms with Crippen LogP contribution >= 0.6 is 39.9 Å². The summed E-state index contributed by atoms with van der Waals surface area (Å²) in [7, 11) is 0. The zero-order valence-electron chi connectivity index (χ0n) is 5.30. The van der Waals surface area contributed by atoms with Crippen molar-refractivity contribution in [1.29, 1.82) is 0 Å². The highest BCUT2D eigenvalue weighted by Gasteiger charge is 2.16. The lowest BCUT2D eigenvalue weighted by Gasteiger charge is -2.00. The molecule has 0 fully saturated rings. The molecule has 11 heavy (non-hydrogen) atoms. The molecule has 60 valence electrons. The maximum atomic E-state index is 11.0. The quantitative estimate of drug-likeness (QED) is 0.672. The minimum absolute atomic E-state index is 0.369. The third kappa shape index (κ3) is 2.68. The van der Waals surface area contributed by atoms with Gasteiger partial charge in [0.2, 0.25) is 0 Å². The first kappa shape index (κ1) is 9.41. The summed E-state index contributed by atoms with van der Waals surface area (Å²) in [5.41, 5.74) is 0. The Kier molecular flexibility index (Phi) is 2.88. The van der Waals surface area contributed by atoms with Gasteiger partial charge in [-0.15, -0.1) is 0 Å². The second-order valence-corrected chi connectivity index (χ2v) is 7.19. The lowest BCUT2D eigenvalue weighted by molar-refractivity contribution is 0.597. The van der Waals surface area contributed by atoms with Crippen molar-refractivity contribution >= 4 is 45.2 Å². The number of rotatable bonds is 1. The van der Waals surface area contributed by atoms with Crippen LogP contribution in [0.4, 0.5) is 0 Å². The van der Waals surface area contributed by atoms with E-state index in [0.29, 0.717) is 10.3 Å². The first-order valence-electron chi connectivity index (χ1n) is 2.75. The van der Waals surface area contributed by atoms with Crippen molar-refractivity contribution in [2.75, 3.05) is 0 Å². The lowest BCUT2D eigenvalue weighted by atomic mass is 10.4. The van der Waals surface area contributed by atoms with Gasteiger partial charge in [0.15, 0.2) is 0 Å². The van der Waals surface area contributed by atoms with Crippen molar-refractivity contribution in [3.05, 3.63) is 29.3 Å². The Morgan fingerprint density at radius 1 is 1.27 bits per heavy atom. The highest BCUT2D eigenvalue weighted by Crippen LogP contribution is 2.55. The van der Waals surface area contributed by atoms with Crippen LogP contribution in [-0.4, -0.2) is 0 Å². The van der Waals surface area contributed by atoms with Gasteiger partial charge < -0.3 is 0 Å². The van der Waals surface area contributed by atoms with Gasteiger partial charge in [0.1, 0.15) is 0 Å². The van der Waals surface area contributed by atoms with E-state index in [9.17, 15) is 4.57 Å². The van der Waals surface area contributed by atoms with E-state index in [1.807, 2.05) is 0 Å². The van der Waals surface area contributed by atoms with E-state index in [4.69, 9.17) is 34.1 Å². The molecule has 5 heteroatoms. The molecule has 0 saturated heterocycles. The van der Waals surface area contributed by atoms with Crippen LogP contribution in [0.3, 0.4) is 0 Å². The van der Waals surface area contributed by atoms with Crippen LogP contribution in [0.1, 0.15) is 0 Å². The van der Waals surface area contributed by atoms with Crippen LogP contribution in [-0.2, 0) is 4.57 Å². The van der Waals surface area contributed by atoms with Crippen molar-refractivity contribution in [2.24, 2.45) is 0 Å². The summed E-state index contributed by atoms with van der Waals surface area (Å²) in [5, 5.41) is 0.845. The maximum absolute atomic E-state index is 11.0. The maximum Gasteiger partial charge on any atom is 0.281 e. The number of hydrogen-bond donors (Lipinski definition) is 0. The SMILES string of the molecule is O=P(Cl)(Cl)c1cccc(Cl)c1. The molecule has 1 rings (SSSR count). The van der Waals surface area contributed by atoms with Crippen LogP contribution in [0.2, 0.25) is 5.02 Å². The molecule has 0 spiro atoms. The largest absolute Gasteiger partial charge is 0.284 e. The molecule has 0 aliphatic rings. The van der Waals surface area contributed by atoms with Crippen molar-refractivity contribution in [3.8, 4) is 0 Å². The Hall–Kier alpha value is 0.320. The predicted octanol–water partition coefficient (Wildman–Crippen LogP) is 3.64. The summed E-state index contributed by atoms with van der Waals surface area (Å²) in [6.45, 7) is 0. The highest BCUT2D eigenvalue weighted by molar-refractivity contribution is 8.13. The van der Waals surface area contributed by atoms with Gasteiger partial charge in [0.05, 0.1) is 0 Å². The average molecular weight is 229 g/mol. The second kappa shape index (κ2) is 3.37. The number of benzene rings is 1. The van der Waals surface area contributed by atoms with E-state index in [1.54, 1.807) is 18.2 Å². The minimum atomic E-state index is -3.19. The molecule has 1 aromatic carbocycles. The van der Waals surface area contributed by atoms with Gasteiger partial charge in [-0.05, 0) is 40.7 Å². The highest BCUT2D eigenvalue weighted by atomic mass is 35.9. The fraction of sp³-hybridized carbons (Fsp3) is 0. The monoisotopic (exact) mass is 228 g/mol. The molecular weight excluding hydrogens is 225 g/mol. The summed E-state index contributed by atoms with van der Waals surface area (Å²) in [6, 6.07) is 6.37. The van der Waals surface area contributed by atoms with E-state index < -0.39 is 5.85 Å². The molecule has 0 N–H and O–H groups in total. The van der Waals surface area contributed by atoms with E-state index in [2.05, 4.69) is 0 Å². The molecule has 0 atom stereocenters. The Morgan fingerprint density at radius 2 is 1.91 bits per heavy atom. The van der Waals surface area contributed by atoms with Gasteiger partial charge in [0.25, 0.3) is 5.85 Å². The third-order valence-electron chi connectivity index (χ3n) is 1.11. The second-order valence-electron chi connectivity index (χ2n) is 1.94. The van der Waals surface area contributed by atoms with Crippen LogP contribution in [0.15, 0.2) is 24.3 Å². The number of hydrogen-bond acceptors (Lipinski definition) is 1. The molecule has 0 aliphatic carbocycles. The molecule has 0 heterocycles. The minimum Gasteiger partial charge on any atom is -0.284 e. The fourth-order valence-corrected chi connectivity index (χ4v) is 2.08. The average Bonchev–Trinajstić information content (AvgIpc) is 1.86. The van der Waals surface area contributed by atoms with E-state index in [-0.39, 0.29) is 0 Å². The summed E-state index contributed by atoms with van der Waals surface area (Å²) in [4.78, 5) is 0. The van der Waals surface area contributed by atoms with Gasteiger partial charge >= 0.3 is 0 Å². The molecule has 0 aromatic heterocycles. The molecule has 0 bridgehead atoms. The zero-order valence-corrected chi connectivity index (χ0v) is 8.46. The Labute approximate surface area is 79.2 Å². The Morgan fingerprint density at radius 3 is 2.27 bits per heavy atom. The summed E-state index contributed by atoms with van der Waals surface area (Å²) >= 11 is 16.4. The summed E-state index contributed by atoms with van der Waals surface area (Å²) in [6.07, 6.45) is 0. The first-order valence-corrected chi connectivity index (χ1v) is 6.65. The van der Waals surface area contributed by atoms with Crippen LogP contribution in [0.25, 0.3) is 0 Å². The van der Waals surface area contributed by atoms with Crippen LogP contribution < -0.4 is 5.30 Å². The molecule has 0 aliphatic heterocycles. The van der Waals surface area contributed by atoms with Gasteiger partial charge in [-0.2, -0.15) is 0 Å².